The lowest BCUT2D eigenvalue weighted by atomic mass is 9.94. The molecule has 3 aliphatic heterocycles. The third kappa shape index (κ3) is 7.15. The Morgan fingerprint density at radius 3 is 2.78 bits per heavy atom. The number of rotatable bonds is 11. The predicted molar refractivity (Wildman–Crippen MR) is 193 cm³/mol. The van der Waals surface area contributed by atoms with E-state index in [4.69, 9.17) is 40.6 Å². The molecular weight excluding hydrogens is 675 g/mol. The Balaban J connectivity index is 1.34. The van der Waals surface area contributed by atoms with Gasteiger partial charge in [-0.2, -0.15) is 15.1 Å². The second-order valence-electron chi connectivity index (χ2n) is 15.0. The van der Waals surface area contributed by atoms with Gasteiger partial charge in [0.1, 0.15) is 23.4 Å². The first-order valence-corrected chi connectivity index (χ1v) is 18.3. The number of aromatic nitrogens is 5. The first-order valence-electron chi connectivity index (χ1n) is 17.9. The summed E-state index contributed by atoms with van der Waals surface area (Å²) >= 11 is 7.05. The van der Waals surface area contributed by atoms with E-state index < -0.39 is 11.4 Å². The van der Waals surface area contributed by atoms with E-state index in [1.54, 1.807) is 12.4 Å². The average molecular weight is 721 g/mol. The molecule has 0 saturated carbocycles. The van der Waals surface area contributed by atoms with Gasteiger partial charge in [-0.05, 0) is 96.7 Å². The van der Waals surface area contributed by atoms with Crippen LogP contribution in [0.5, 0.6) is 11.9 Å². The van der Waals surface area contributed by atoms with Crippen LogP contribution in [0.15, 0.2) is 30.6 Å². The Kier molecular flexibility index (Phi) is 9.94. The maximum absolute atomic E-state index is 17.3. The molecule has 0 N–H and O–H groups in total. The zero-order chi connectivity index (χ0) is 35.9. The first kappa shape index (κ1) is 35.5. The minimum Gasteiger partial charge on any atom is -0.471 e. The standard InChI is InChI=1S/C38H46ClFN6O5/c1-23-18-38(14-10-15-45(38)21-23)22-50-36-43-33-26(35(44-36)51-37(2,3)4)19-41-34(32(33)40)31-24(11-6-7-13-30(47)48-5)27(39)17-28-25(31)20-42-46(28)29-12-8-9-16-49-29/h17,19-20,29H,1,6-16,18,21-22H2,2-5H3/t29?,38-/m0/s1. The third-order valence-electron chi connectivity index (χ3n) is 10.1. The Morgan fingerprint density at radius 2 is 2.02 bits per heavy atom. The second kappa shape index (κ2) is 14.3. The number of unbranched alkanes of at least 4 members (excludes halogenated alkanes) is 1. The van der Waals surface area contributed by atoms with Crippen molar-refractivity contribution in [3.05, 3.63) is 47.0 Å². The van der Waals surface area contributed by atoms with Gasteiger partial charge in [-0.15, -0.1) is 0 Å². The Morgan fingerprint density at radius 1 is 1.18 bits per heavy atom. The molecule has 7 rings (SSSR count). The molecule has 2 atom stereocenters. The lowest BCUT2D eigenvalue weighted by Gasteiger charge is -2.31. The molecule has 6 heterocycles. The zero-order valence-electron chi connectivity index (χ0n) is 29.9. The molecule has 0 amide bonds. The van der Waals surface area contributed by atoms with Crippen LogP contribution in [-0.4, -0.2) is 80.2 Å². The second-order valence-corrected chi connectivity index (χ2v) is 15.4. The van der Waals surface area contributed by atoms with E-state index in [0.717, 1.165) is 57.1 Å². The van der Waals surface area contributed by atoms with Crippen molar-refractivity contribution >= 4 is 39.4 Å². The SMILES string of the molecule is C=C1CN2CCC[C@@]2(COc2nc(OC(C)(C)C)c3cnc(-c4c(CCCCC(=O)OC)c(Cl)cc5c4cnn5C4CCCCO4)c(F)c3n2)C1. The van der Waals surface area contributed by atoms with E-state index in [1.807, 2.05) is 31.5 Å². The molecule has 272 valence electrons. The maximum Gasteiger partial charge on any atom is 0.320 e. The molecule has 0 bridgehead atoms. The number of pyridine rings is 1. The van der Waals surface area contributed by atoms with E-state index in [-0.39, 0.29) is 47.3 Å². The molecular formula is C38H46ClFN6O5. The summed E-state index contributed by atoms with van der Waals surface area (Å²) < 4.78 is 42.6. The molecule has 51 heavy (non-hydrogen) atoms. The maximum atomic E-state index is 17.3. The number of methoxy groups -OCH3 is 1. The fourth-order valence-electron chi connectivity index (χ4n) is 7.79. The summed E-state index contributed by atoms with van der Waals surface area (Å²) in [5.41, 5.74) is 2.47. The van der Waals surface area contributed by atoms with Crippen LogP contribution in [0.4, 0.5) is 4.39 Å². The number of ether oxygens (including phenoxy) is 4. The molecule has 1 aromatic carbocycles. The van der Waals surface area contributed by atoms with Crippen molar-refractivity contribution in [2.45, 2.75) is 102 Å². The van der Waals surface area contributed by atoms with Crippen molar-refractivity contribution in [2.75, 3.05) is 33.4 Å². The zero-order valence-corrected chi connectivity index (χ0v) is 30.7. The smallest absolute Gasteiger partial charge is 0.320 e. The van der Waals surface area contributed by atoms with Gasteiger partial charge in [0.2, 0.25) is 5.88 Å². The van der Waals surface area contributed by atoms with E-state index in [9.17, 15) is 4.79 Å². The summed E-state index contributed by atoms with van der Waals surface area (Å²) in [6.07, 6.45) is 10.7. The van der Waals surface area contributed by atoms with Gasteiger partial charge >= 0.3 is 12.0 Å². The Labute approximate surface area is 302 Å². The topological polar surface area (TPSA) is 114 Å². The van der Waals surface area contributed by atoms with Gasteiger partial charge in [-0.1, -0.05) is 23.8 Å². The molecule has 0 aliphatic carbocycles. The van der Waals surface area contributed by atoms with Gasteiger partial charge in [-0.3, -0.25) is 14.7 Å². The van der Waals surface area contributed by atoms with Crippen molar-refractivity contribution in [3.63, 3.8) is 0 Å². The highest BCUT2D eigenvalue weighted by atomic mass is 35.5. The quantitative estimate of drug-likeness (QED) is 0.0865. The number of esters is 1. The highest BCUT2D eigenvalue weighted by Crippen LogP contribution is 2.43. The third-order valence-corrected chi connectivity index (χ3v) is 10.5. The average Bonchev–Trinajstić information content (AvgIpc) is 3.78. The van der Waals surface area contributed by atoms with Crippen molar-refractivity contribution in [1.29, 1.82) is 0 Å². The number of carbonyl (C=O) groups excluding carboxylic acids is 1. The summed E-state index contributed by atoms with van der Waals surface area (Å²) in [4.78, 5) is 28.3. The van der Waals surface area contributed by atoms with Gasteiger partial charge < -0.3 is 18.9 Å². The summed E-state index contributed by atoms with van der Waals surface area (Å²) in [5, 5.41) is 6.20. The monoisotopic (exact) mass is 720 g/mol. The fraction of sp³-hybridized carbons (Fsp3) is 0.553. The van der Waals surface area contributed by atoms with Crippen LogP contribution in [0.1, 0.15) is 90.3 Å². The van der Waals surface area contributed by atoms with E-state index in [1.165, 1.54) is 12.7 Å². The van der Waals surface area contributed by atoms with Crippen LogP contribution in [0.25, 0.3) is 33.1 Å². The summed E-state index contributed by atoms with van der Waals surface area (Å²) in [7, 11) is 1.37. The highest BCUT2D eigenvalue weighted by molar-refractivity contribution is 6.33. The van der Waals surface area contributed by atoms with Crippen molar-refractivity contribution in [3.8, 4) is 23.1 Å². The number of hydrogen-bond donors (Lipinski definition) is 0. The molecule has 3 fully saturated rings. The summed E-state index contributed by atoms with van der Waals surface area (Å²) in [5.74, 6) is -0.732. The number of fused-ring (bicyclic) bond motifs is 3. The number of hydrogen-bond acceptors (Lipinski definition) is 10. The highest BCUT2D eigenvalue weighted by Gasteiger charge is 2.46. The number of nitrogens with zero attached hydrogens (tertiary/aromatic N) is 6. The van der Waals surface area contributed by atoms with Gasteiger partial charge in [0, 0.05) is 41.7 Å². The minimum atomic E-state index is -0.644. The van der Waals surface area contributed by atoms with E-state index >= 15 is 4.39 Å². The van der Waals surface area contributed by atoms with Crippen molar-refractivity contribution in [1.82, 2.24) is 29.6 Å². The minimum absolute atomic E-state index is 0.0358. The molecule has 3 saturated heterocycles. The molecule has 3 aromatic heterocycles. The molecule has 1 unspecified atom stereocenters. The number of carbonyl (C=O) groups is 1. The predicted octanol–water partition coefficient (Wildman–Crippen LogP) is 7.77. The number of halogens is 2. The van der Waals surface area contributed by atoms with Crippen molar-refractivity contribution in [2.24, 2.45) is 0 Å². The van der Waals surface area contributed by atoms with Crippen LogP contribution >= 0.6 is 11.6 Å². The normalized spacial score (nSPS) is 21.1. The summed E-state index contributed by atoms with van der Waals surface area (Å²) in [6.45, 7) is 12.8. The molecule has 0 spiro atoms. The Bertz CT molecular complexity index is 1970. The number of benzene rings is 1. The van der Waals surface area contributed by atoms with Crippen molar-refractivity contribution < 1.29 is 28.1 Å². The lowest BCUT2D eigenvalue weighted by Crippen LogP contribution is -2.43. The molecule has 3 aliphatic rings. The first-order chi connectivity index (χ1) is 24.5. The molecule has 4 aromatic rings. The van der Waals surface area contributed by atoms with Gasteiger partial charge in [0.25, 0.3) is 0 Å². The molecule has 0 radical (unpaired) electrons. The summed E-state index contributed by atoms with van der Waals surface area (Å²) in [6, 6.07) is 1.91. The van der Waals surface area contributed by atoms with E-state index in [0.29, 0.717) is 59.4 Å². The van der Waals surface area contributed by atoms with Gasteiger partial charge in [0.15, 0.2) is 12.0 Å². The largest absolute Gasteiger partial charge is 0.471 e. The molecule has 11 nitrogen and oxygen atoms in total. The van der Waals surface area contributed by atoms with Gasteiger partial charge in [-0.25, -0.2) is 9.07 Å². The van der Waals surface area contributed by atoms with Crippen LogP contribution < -0.4 is 9.47 Å². The van der Waals surface area contributed by atoms with Gasteiger partial charge in [0.05, 0.1) is 29.7 Å². The van der Waals surface area contributed by atoms with Crippen LogP contribution in [-0.2, 0) is 20.7 Å². The van der Waals surface area contributed by atoms with Crippen LogP contribution in [0.3, 0.4) is 0 Å². The fourth-order valence-corrected chi connectivity index (χ4v) is 8.09. The lowest BCUT2D eigenvalue weighted by molar-refractivity contribution is -0.140. The molecule has 13 heteroatoms. The van der Waals surface area contributed by atoms with Crippen LogP contribution in [0.2, 0.25) is 5.02 Å². The Hall–Kier alpha value is -3.87. The van der Waals surface area contributed by atoms with Crippen LogP contribution in [0, 0.1) is 5.82 Å². The van der Waals surface area contributed by atoms with E-state index in [2.05, 4.69) is 21.4 Å².